The van der Waals surface area contributed by atoms with Crippen LogP contribution in [0.3, 0.4) is 0 Å². The van der Waals surface area contributed by atoms with Gasteiger partial charge >= 0.3 is 0 Å². The number of aromatic nitrogens is 3. The van der Waals surface area contributed by atoms with E-state index in [1.165, 1.54) is 0 Å². The minimum atomic E-state index is -0.169. The molecule has 5 heteroatoms. The van der Waals surface area contributed by atoms with Crippen molar-refractivity contribution in [3.05, 3.63) is 59.9 Å². The van der Waals surface area contributed by atoms with E-state index in [-0.39, 0.29) is 11.3 Å². The van der Waals surface area contributed by atoms with E-state index in [2.05, 4.69) is 36.2 Å². The quantitative estimate of drug-likeness (QED) is 0.798. The number of carbonyl (C=O) groups is 1. The lowest BCUT2D eigenvalue weighted by Crippen LogP contribution is -2.18. The summed E-state index contributed by atoms with van der Waals surface area (Å²) in [5.74, 6) is 0.562. The molecule has 1 amide bonds. The summed E-state index contributed by atoms with van der Waals surface area (Å²) in [7, 11) is 0. The number of amides is 1. The molecule has 0 fully saturated rings. The first kappa shape index (κ1) is 16.2. The van der Waals surface area contributed by atoms with Crippen LogP contribution in [-0.2, 0) is 16.6 Å². The normalized spacial score (nSPS) is 11.6. The van der Waals surface area contributed by atoms with Gasteiger partial charge in [0.15, 0.2) is 11.5 Å². The number of aryl methyl sites for hydroxylation is 1. The third kappa shape index (κ3) is 3.45. The lowest BCUT2D eigenvalue weighted by atomic mass is 9.88. The molecular weight excluding hydrogens is 300 g/mol. The molecule has 24 heavy (non-hydrogen) atoms. The van der Waals surface area contributed by atoms with Gasteiger partial charge in [0, 0.05) is 24.4 Å². The van der Waals surface area contributed by atoms with Gasteiger partial charge in [-0.2, -0.15) is 0 Å². The molecule has 0 saturated carbocycles. The summed E-state index contributed by atoms with van der Waals surface area (Å²) in [6, 6.07) is 11.8. The summed E-state index contributed by atoms with van der Waals surface area (Å²) in [6.45, 7) is 6.29. The van der Waals surface area contributed by atoms with Gasteiger partial charge in [0.2, 0.25) is 5.91 Å². The van der Waals surface area contributed by atoms with Gasteiger partial charge < -0.3 is 5.32 Å². The minimum absolute atomic E-state index is 0.0345. The Morgan fingerprint density at radius 1 is 1.17 bits per heavy atom. The highest BCUT2D eigenvalue weighted by Gasteiger charge is 2.26. The Morgan fingerprint density at radius 3 is 2.62 bits per heavy atom. The Kier molecular flexibility index (Phi) is 4.34. The average Bonchev–Trinajstić information content (AvgIpc) is 2.91. The second-order valence-electron chi connectivity index (χ2n) is 6.90. The molecule has 124 valence electrons. The molecule has 0 saturated heterocycles. The van der Waals surface area contributed by atoms with Gasteiger partial charge in [-0.25, -0.2) is 9.50 Å². The highest BCUT2D eigenvalue weighted by molar-refractivity contribution is 5.91. The first-order valence-corrected chi connectivity index (χ1v) is 8.13. The molecule has 2 heterocycles. The number of nitrogens with one attached hydrogen (secondary N) is 1. The second-order valence-corrected chi connectivity index (χ2v) is 6.90. The van der Waals surface area contributed by atoms with Crippen LogP contribution in [-0.4, -0.2) is 20.5 Å². The third-order valence-electron chi connectivity index (χ3n) is 3.89. The van der Waals surface area contributed by atoms with Gasteiger partial charge in [-0.15, -0.1) is 5.10 Å². The molecule has 0 radical (unpaired) electrons. The van der Waals surface area contributed by atoms with Crippen LogP contribution in [0.5, 0.6) is 0 Å². The van der Waals surface area contributed by atoms with E-state index in [1.54, 1.807) is 10.7 Å². The van der Waals surface area contributed by atoms with Crippen LogP contribution in [0, 0.1) is 0 Å². The van der Waals surface area contributed by atoms with Gasteiger partial charge in [0.25, 0.3) is 0 Å². The number of anilines is 1. The van der Waals surface area contributed by atoms with Crippen LogP contribution in [0.25, 0.3) is 5.65 Å². The molecule has 3 aromatic rings. The van der Waals surface area contributed by atoms with E-state index in [1.807, 2.05) is 42.6 Å². The summed E-state index contributed by atoms with van der Waals surface area (Å²) in [5, 5.41) is 7.46. The van der Waals surface area contributed by atoms with Crippen molar-refractivity contribution in [2.24, 2.45) is 0 Å². The molecule has 0 aliphatic heterocycles. The van der Waals surface area contributed by atoms with Crippen molar-refractivity contribution < 1.29 is 4.79 Å². The minimum Gasteiger partial charge on any atom is -0.309 e. The predicted octanol–water partition coefficient (Wildman–Crippen LogP) is 3.60. The fraction of sp³-hybridized carbons (Fsp3) is 0.316. The maximum absolute atomic E-state index is 12.4. The van der Waals surface area contributed by atoms with E-state index in [9.17, 15) is 4.79 Å². The standard InChI is InChI=1S/C19H22N4O/c1-19(2,3)16-17(22-23-13-7-12-20-18(16)23)21-15(24)11-10-14-8-5-4-6-9-14/h4-9,12-13H,10-11H2,1-3H3,(H,21,22,24). The Labute approximate surface area is 141 Å². The predicted molar refractivity (Wildman–Crippen MR) is 95.1 cm³/mol. The van der Waals surface area contributed by atoms with Crippen molar-refractivity contribution in [3.8, 4) is 0 Å². The SMILES string of the molecule is CC(C)(C)c1c(NC(=O)CCc2ccccc2)nn2cccnc12. The number of fused-ring (bicyclic) bond motifs is 1. The fourth-order valence-electron chi connectivity index (χ4n) is 2.76. The van der Waals surface area contributed by atoms with Crippen molar-refractivity contribution in [2.75, 3.05) is 5.32 Å². The van der Waals surface area contributed by atoms with Crippen molar-refractivity contribution in [1.82, 2.24) is 14.6 Å². The molecule has 0 spiro atoms. The third-order valence-corrected chi connectivity index (χ3v) is 3.89. The van der Waals surface area contributed by atoms with Gasteiger partial charge in [-0.1, -0.05) is 51.1 Å². The zero-order valence-electron chi connectivity index (χ0n) is 14.3. The van der Waals surface area contributed by atoms with Crippen molar-refractivity contribution in [1.29, 1.82) is 0 Å². The highest BCUT2D eigenvalue weighted by Crippen LogP contribution is 2.32. The zero-order chi connectivity index (χ0) is 17.2. The Balaban J connectivity index is 1.80. The lowest BCUT2D eigenvalue weighted by molar-refractivity contribution is -0.116. The van der Waals surface area contributed by atoms with Gasteiger partial charge in [-0.3, -0.25) is 4.79 Å². The van der Waals surface area contributed by atoms with Crippen LogP contribution in [0.1, 0.15) is 38.3 Å². The molecule has 1 aromatic carbocycles. The Hall–Kier alpha value is -2.69. The van der Waals surface area contributed by atoms with Crippen LogP contribution in [0.4, 0.5) is 5.82 Å². The van der Waals surface area contributed by atoms with Crippen LogP contribution < -0.4 is 5.32 Å². The van der Waals surface area contributed by atoms with E-state index in [4.69, 9.17) is 0 Å². The van der Waals surface area contributed by atoms with Crippen molar-refractivity contribution in [2.45, 2.75) is 39.0 Å². The number of nitrogens with zero attached hydrogens (tertiary/aromatic N) is 3. The summed E-state index contributed by atoms with van der Waals surface area (Å²) >= 11 is 0. The average molecular weight is 322 g/mol. The molecule has 0 bridgehead atoms. The molecule has 2 aromatic heterocycles. The molecule has 5 nitrogen and oxygen atoms in total. The lowest BCUT2D eigenvalue weighted by Gasteiger charge is -2.18. The summed E-state index contributed by atoms with van der Waals surface area (Å²) in [4.78, 5) is 16.8. The fourth-order valence-corrected chi connectivity index (χ4v) is 2.76. The largest absolute Gasteiger partial charge is 0.309 e. The smallest absolute Gasteiger partial charge is 0.225 e. The summed E-state index contributed by atoms with van der Waals surface area (Å²) < 4.78 is 1.72. The maximum atomic E-state index is 12.4. The molecular formula is C19H22N4O. The van der Waals surface area contributed by atoms with Crippen LogP contribution in [0.2, 0.25) is 0 Å². The number of carbonyl (C=O) groups excluding carboxylic acids is 1. The summed E-state index contributed by atoms with van der Waals surface area (Å²) in [5.41, 5.74) is 2.72. The van der Waals surface area contributed by atoms with E-state index in [0.29, 0.717) is 18.7 Å². The zero-order valence-corrected chi connectivity index (χ0v) is 14.3. The van der Waals surface area contributed by atoms with E-state index >= 15 is 0 Å². The van der Waals surface area contributed by atoms with Gasteiger partial charge in [0.05, 0.1) is 0 Å². The number of rotatable bonds is 4. The maximum Gasteiger partial charge on any atom is 0.225 e. The first-order chi connectivity index (χ1) is 11.4. The van der Waals surface area contributed by atoms with Crippen LogP contribution >= 0.6 is 0 Å². The molecule has 0 aliphatic carbocycles. The molecule has 0 unspecified atom stereocenters. The van der Waals surface area contributed by atoms with Crippen molar-refractivity contribution >= 4 is 17.4 Å². The molecule has 0 aliphatic rings. The molecule has 3 rings (SSSR count). The van der Waals surface area contributed by atoms with E-state index in [0.717, 1.165) is 16.8 Å². The highest BCUT2D eigenvalue weighted by atomic mass is 16.1. The number of hydrogen-bond acceptors (Lipinski definition) is 3. The van der Waals surface area contributed by atoms with Gasteiger partial charge in [0.1, 0.15) is 0 Å². The monoisotopic (exact) mass is 322 g/mol. The van der Waals surface area contributed by atoms with E-state index < -0.39 is 0 Å². The van der Waals surface area contributed by atoms with Crippen molar-refractivity contribution in [3.63, 3.8) is 0 Å². The topological polar surface area (TPSA) is 59.3 Å². The number of benzene rings is 1. The molecule has 0 atom stereocenters. The molecule has 1 N–H and O–H groups in total. The number of hydrogen-bond donors (Lipinski definition) is 1. The van der Waals surface area contributed by atoms with Crippen LogP contribution in [0.15, 0.2) is 48.8 Å². The Morgan fingerprint density at radius 2 is 1.92 bits per heavy atom. The van der Waals surface area contributed by atoms with Gasteiger partial charge in [-0.05, 0) is 23.5 Å². The summed E-state index contributed by atoms with van der Waals surface area (Å²) in [6.07, 6.45) is 4.72. The first-order valence-electron chi connectivity index (χ1n) is 8.13. The second kappa shape index (κ2) is 6.43. The Bertz CT molecular complexity index is 847.